The lowest BCUT2D eigenvalue weighted by Gasteiger charge is -2.08. The summed E-state index contributed by atoms with van der Waals surface area (Å²) in [5, 5.41) is 5.30. The molecule has 0 aliphatic heterocycles. The van der Waals surface area contributed by atoms with Gasteiger partial charge in [-0.15, -0.1) is 0 Å². The number of carbonyl (C=O) groups excluding carboxylic acids is 1. The number of rotatable bonds is 6. The topological polar surface area (TPSA) is 41.1 Å². The van der Waals surface area contributed by atoms with Gasteiger partial charge in [-0.2, -0.15) is 0 Å². The number of anilines is 1. The highest BCUT2D eigenvalue weighted by atomic mass is 19.2. The van der Waals surface area contributed by atoms with Gasteiger partial charge in [0.1, 0.15) is 5.82 Å². The molecule has 116 valence electrons. The van der Waals surface area contributed by atoms with Gasteiger partial charge in [-0.05, 0) is 30.2 Å². The number of hydrogen-bond donors (Lipinski definition) is 2. The Labute approximate surface area is 126 Å². The molecule has 2 aromatic rings. The minimum atomic E-state index is -0.982. The third-order valence-corrected chi connectivity index (χ3v) is 3.05. The third kappa shape index (κ3) is 4.51. The van der Waals surface area contributed by atoms with Gasteiger partial charge >= 0.3 is 0 Å². The minimum Gasteiger partial charge on any atom is -0.376 e. The Morgan fingerprint density at radius 2 is 1.73 bits per heavy atom. The van der Waals surface area contributed by atoms with E-state index in [2.05, 4.69) is 10.6 Å². The van der Waals surface area contributed by atoms with Crippen LogP contribution in [0.25, 0.3) is 0 Å². The third-order valence-electron chi connectivity index (χ3n) is 3.05. The highest BCUT2D eigenvalue weighted by Crippen LogP contribution is 2.12. The molecule has 2 aromatic carbocycles. The molecule has 2 N–H and O–H groups in total. The van der Waals surface area contributed by atoms with E-state index in [4.69, 9.17) is 0 Å². The van der Waals surface area contributed by atoms with Crippen molar-refractivity contribution in [3.8, 4) is 0 Å². The van der Waals surface area contributed by atoms with E-state index in [1.165, 1.54) is 12.1 Å². The molecule has 0 fully saturated rings. The monoisotopic (exact) mass is 308 g/mol. The molecule has 0 unspecified atom stereocenters. The predicted octanol–water partition coefficient (Wildman–Crippen LogP) is 2.87. The molecule has 0 bridgehead atoms. The lowest BCUT2D eigenvalue weighted by Crippen LogP contribution is -2.31. The summed E-state index contributed by atoms with van der Waals surface area (Å²) in [6, 6.07) is 9.64. The Hall–Kier alpha value is -2.50. The summed E-state index contributed by atoms with van der Waals surface area (Å²) < 4.78 is 39.1. The lowest BCUT2D eigenvalue weighted by molar-refractivity contribution is -0.119. The van der Waals surface area contributed by atoms with Crippen molar-refractivity contribution in [3.63, 3.8) is 0 Å². The second kappa shape index (κ2) is 7.49. The van der Waals surface area contributed by atoms with E-state index in [0.29, 0.717) is 24.2 Å². The average Bonchev–Trinajstić information content (AvgIpc) is 2.50. The zero-order valence-electron chi connectivity index (χ0n) is 11.7. The van der Waals surface area contributed by atoms with E-state index in [-0.39, 0.29) is 18.3 Å². The summed E-state index contributed by atoms with van der Waals surface area (Å²) in [6.45, 7) is 0.210. The number of hydrogen-bond acceptors (Lipinski definition) is 2. The number of amides is 1. The van der Waals surface area contributed by atoms with E-state index in [0.717, 1.165) is 12.1 Å². The Morgan fingerprint density at radius 3 is 2.45 bits per heavy atom. The van der Waals surface area contributed by atoms with Gasteiger partial charge in [0.05, 0.1) is 6.54 Å². The van der Waals surface area contributed by atoms with Crippen molar-refractivity contribution < 1.29 is 18.0 Å². The largest absolute Gasteiger partial charge is 0.376 e. The van der Waals surface area contributed by atoms with Gasteiger partial charge in [0.25, 0.3) is 0 Å². The average molecular weight is 308 g/mol. The quantitative estimate of drug-likeness (QED) is 0.861. The summed E-state index contributed by atoms with van der Waals surface area (Å²) in [6.07, 6.45) is 0.379. The van der Waals surface area contributed by atoms with Gasteiger partial charge in [-0.1, -0.05) is 18.2 Å². The molecular formula is C16H15F3N2O. The number of benzene rings is 2. The molecule has 0 heterocycles. The van der Waals surface area contributed by atoms with Gasteiger partial charge in [-0.3, -0.25) is 4.79 Å². The fraction of sp³-hybridized carbons (Fsp3) is 0.188. The Morgan fingerprint density at radius 1 is 0.955 bits per heavy atom. The summed E-state index contributed by atoms with van der Waals surface area (Å²) in [4.78, 5) is 11.6. The first-order chi connectivity index (χ1) is 10.6. The summed E-state index contributed by atoms with van der Waals surface area (Å²) in [7, 11) is 0. The van der Waals surface area contributed by atoms with Crippen LogP contribution in [0.4, 0.5) is 18.9 Å². The lowest BCUT2D eigenvalue weighted by atomic mass is 10.1. The normalized spacial score (nSPS) is 10.3. The molecule has 6 heteroatoms. The van der Waals surface area contributed by atoms with Crippen LogP contribution in [0, 0.1) is 17.5 Å². The van der Waals surface area contributed by atoms with Crippen LogP contribution < -0.4 is 10.6 Å². The van der Waals surface area contributed by atoms with Crippen molar-refractivity contribution in [2.24, 2.45) is 0 Å². The minimum absolute atomic E-state index is 0.0810. The molecule has 0 radical (unpaired) electrons. The summed E-state index contributed by atoms with van der Waals surface area (Å²) >= 11 is 0. The number of nitrogens with one attached hydrogen (secondary N) is 2. The predicted molar refractivity (Wildman–Crippen MR) is 78.0 cm³/mol. The molecule has 0 spiro atoms. The van der Waals surface area contributed by atoms with E-state index in [1.807, 2.05) is 0 Å². The highest BCUT2D eigenvalue weighted by molar-refractivity contribution is 5.80. The maximum Gasteiger partial charge on any atom is 0.239 e. The number of carbonyl (C=O) groups is 1. The van der Waals surface area contributed by atoms with Crippen LogP contribution in [0.5, 0.6) is 0 Å². The van der Waals surface area contributed by atoms with Crippen LogP contribution in [0.3, 0.4) is 0 Å². The van der Waals surface area contributed by atoms with Gasteiger partial charge in [-0.25, -0.2) is 13.2 Å². The molecule has 0 saturated carbocycles. The van der Waals surface area contributed by atoms with Crippen molar-refractivity contribution in [1.29, 1.82) is 0 Å². The van der Waals surface area contributed by atoms with Crippen LogP contribution in [-0.4, -0.2) is 19.0 Å². The van der Waals surface area contributed by atoms with Crippen LogP contribution in [0.1, 0.15) is 5.56 Å². The van der Waals surface area contributed by atoms with E-state index < -0.39 is 11.6 Å². The Balaban J connectivity index is 1.74. The highest BCUT2D eigenvalue weighted by Gasteiger charge is 2.05. The van der Waals surface area contributed by atoms with Gasteiger partial charge in [0.2, 0.25) is 5.91 Å². The van der Waals surface area contributed by atoms with Crippen LogP contribution >= 0.6 is 0 Å². The van der Waals surface area contributed by atoms with Crippen molar-refractivity contribution in [1.82, 2.24) is 5.32 Å². The summed E-state index contributed by atoms with van der Waals surface area (Å²) in [5.41, 5.74) is 0.833. The Kier molecular flexibility index (Phi) is 5.41. The fourth-order valence-corrected chi connectivity index (χ4v) is 1.89. The molecule has 1 amide bonds. The molecule has 0 aromatic heterocycles. The zero-order chi connectivity index (χ0) is 15.9. The first-order valence-electron chi connectivity index (χ1n) is 6.75. The van der Waals surface area contributed by atoms with Crippen molar-refractivity contribution in [2.45, 2.75) is 6.42 Å². The maximum absolute atomic E-state index is 13.4. The molecular weight excluding hydrogens is 293 g/mol. The van der Waals surface area contributed by atoms with E-state index in [9.17, 15) is 18.0 Å². The molecule has 2 rings (SSSR count). The first kappa shape index (κ1) is 15.9. The smallest absolute Gasteiger partial charge is 0.239 e. The van der Waals surface area contributed by atoms with Crippen LogP contribution in [0.15, 0.2) is 42.5 Å². The van der Waals surface area contributed by atoms with E-state index in [1.54, 1.807) is 18.2 Å². The fourth-order valence-electron chi connectivity index (χ4n) is 1.89. The van der Waals surface area contributed by atoms with Crippen LogP contribution in [-0.2, 0) is 11.2 Å². The second-order valence-electron chi connectivity index (χ2n) is 4.67. The zero-order valence-corrected chi connectivity index (χ0v) is 11.7. The molecule has 0 aliphatic rings. The van der Waals surface area contributed by atoms with Crippen molar-refractivity contribution in [3.05, 3.63) is 65.5 Å². The van der Waals surface area contributed by atoms with Crippen molar-refractivity contribution >= 4 is 11.6 Å². The molecule has 3 nitrogen and oxygen atoms in total. The standard InChI is InChI=1S/C16H15F3N2O/c17-13-4-2-1-3-11(13)7-8-20-16(22)10-21-12-5-6-14(18)15(19)9-12/h1-6,9,21H,7-8,10H2,(H,20,22). The Bertz CT molecular complexity index is 662. The number of halogens is 3. The van der Waals surface area contributed by atoms with Crippen LogP contribution in [0.2, 0.25) is 0 Å². The van der Waals surface area contributed by atoms with E-state index >= 15 is 0 Å². The maximum atomic E-state index is 13.4. The second-order valence-corrected chi connectivity index (χ2v) is 4.67. The SMILES string of the molecule is O=C(CNc1ccc(F)c(F)c1)NCCc1ccccc1F. The molecule has 22 heavy (non-hydrogen) atoms. The van der Waals surface area contributed by atoms with Gasteiger partial charge in [0, 0.05) is 18.3 Å². The van der Waals surface area contributed by atoms with Gasteiger partial charge in [0.15, 0.2) is 11.6 Å². The first-order valence-corrected chi connectivity index (χ1v) is 6.75. The van der Waals surface area contributed by atoms with Crippen molar-refractivity contribution in [2.75, 3.05) is 18.4 Å². The summed E-state index contributed by atoms with van der Waals surface area (Å²) in [5.74, 6) is -2.55. The molecule has 0 saturated heterocycles. The van der Waals surface area contributed by atoms with Gasteiger partial charge < -0.3 is 10.6 Å². The molecule has 0 aliphatic carbocycles. The molecule has 0 atom stereocenters.